The fourth-order valence-electron chi connectivity index (χ4n) is 1.99. The fraction of sp³-hybridized carbons (Fsp3) is 0.333. The smallest absolute Gasteiger partial charge is 0.132 e. The zero-order chi connectivity index (χ0) is 14.0. The average molecular weight is 281 g/mol. The number of hydrogen-bond donors (Lipinski definition) is 1. The van der Waals surface area contributed by atoms with Gasteiger partial charge in [-0.3, -0.25) is 0 Å². The predicted molar refractivity (Wildman–Crippen MR) is 76.2 cm³/mol. The molecule has 0 aliphatic heterocycles. The summed E-state index contributed by atoms with van der Waals surface area (Å²) in [6, 6.07) is 6.17. The van der Waals surface area contributed by atoms with Crippen molar-refractivity contribution in [3.8, 4) is 10.4 Å². The molecule has 1 heterocycles. The van der Waals surface area contributed by atoms with Gasteiger partial charge in [-0.2, -0.15) is 0 Å². The van der Waals surface area contributed by atoms with Crippen molar-refractivity contribution in [2.24, 2.45) is 5.73 Å². The molecule has 1 unspecified atom stereocenters. The summed E-state index contributed by atoms with van der Waals surface area (Å²) in [4.78, 5) is 1.73. The van der Waals surface area contributed by atoms with E-state index in [1.807, 2.05) is 12.1 Å². The molecule has 2 aromatic rings. The number of hydrogen-bond acceptors (Lipinski definition) is 2. The predicted octanol–water partition coefficient (Wildman–Crippen LogP) is 4.80. The third-order valence-corrected chi connectivity index (χ3v) is 4.36. The number of benzene rings is 1. The van der Waals surface area contributed by atoms with Crippen LogP contribution in [0.25, 0.3) is 10.4 Å². The van der Waals surface area contributed by atoms with E-state index < -0.39 is 5.82 Å². The molecular weight excluding hydrogens is 264 g/mol. The van der Waals surface area contributed by atoms with Crippen molar-refractivity contribution < 1.29 is 8.78 Å². The molecule has 0 saturated carbocycles. The maximum Gasteiger partial charge on any atom is 0.132 e. The Bertz CT molecular complexity index is 578. The van der Waals surface area contributed by atoms with Crippen molar-refractivity contribution in [2.45, 2.75) is 32.7 Å². The number of halogens is 2. The molecule has 0 bridgehead atoms. The van der Waals surface area contributed by atoms with Crippen LogP contribution in [0.4, 0.5) is 8.78 Å². The van der Waals surface area contributed by atoms with E-state index in [9.17, 15) is 8.78 Å². The Hall–Kier alpha value is -1.26. The molecule has 0 aliphatic rings. The second-order valence-corrected chi connectivity index (χ2v) is 5.79. The van der Waals surface area contributed by atoms with Crippen LogP contribution in [0.1, 0.15) is 36.2 Å². The average Bonchev–Trinajstić information content (AvgIpc) is 2.83. The first-order chi connectivity index (χ1) is 9.02. The largest absolute Gasteiger partial charge is 0.323 e. The van der Waals surface area contributed by atoms with E-state index in [4.69, 9.17) is 5.73 Å². The number of rotatable bonds is 4. The van der Waals surface area contributed by atoms with Gasteiger partial charge in [0.2, 0.25) is 0 Å². The second kappa shape index (κ2) is 5.80. The van der Waals surface area contributed by atoms with Crippen LogP contribution >= 0.6 is 11.3 Å². The monoisotopic (exact) mass is 281 g/mol. The second-order valence-electron chi connectivity index (χ2n) is 4.68. The van der Waals surface area contributed by atoms with Crippen LogP contribution in [-0.4, -0.2) is 0 Å². The first-order valence-electron chi connectivity index (χ1n) is 6.34. The van der Waals surface area contributed by atoms with E-state index >= 15 is 0 Å². The van der Waals surface area contributed by atoms with Crippen molar-refractivity contribution in [3.63, 3.8) is 0 Å². The van der Waals surface area contributed by atoms with Gasteiger partial charge in [0.1, 0.15) is 11.6 Å². The van der Waals surface area contributed by atoms with Gasteiger partial charge in [0.25, 0.3) is 0 Å². The molecule has 0 radical (unpaired) electrons. The van der Waals surface area contributed by atoms with Crippen LogP contribution in [0.15, 0.2) is 24.3 Å². The van der Waals surface area contributed by atoms with Crippen molar-refractivity contribution in [1.29, 1.82) is 0 Å². The first-order valence-corrected chi connectivity index (χ1v) is 7.16. The Morgan fingerprint density at radius 1 is 1.21 bits per heavy atom. The Morgan fingerprint density at radius 2 is 1.95 bits per heavy atom. The Balaban J connectivity index is 2.35. The lowest BCUT2D eigenvalue weighted by atomic mass is 10.1. The molecule has 0 spiro atoms. The van der Waals surface area contributed by atoms with Gasteiger partial charge in [-0.1, -0.05) is 13.3 Å². The highest BCUT2D eigenvalue weighted by molar-refractivity contribution is 7.15. The maximum absolute atomic E-state index is 13.9. The lowest BCUT2D eigenvalue weighted by molar-refractivity contribution is 0.595. The van der Waals surface area contributed by atoms with E-state index in [2.05, 4.69) is 6.92 Å². The number of nitrogens with two attached hydrogens (primary N) is 1. The minimum atomic E-state index is -0.392. The van der Waals surface area contributed by atoms with Crippen LogP contribution in [0.5, 0.6) is 0 Å². The summed E-state index contributed by atoms with van der Waals surface area (Å²) in [6.07, 6.45) is 1.90. The summed E-state index contributed by atoms with van der Waals surface area (Å²) in [5.41, 5.74) is 6.66. The summed E-state index contributed by atoms with van der Waals surface area (Å²) >= 11 is 1.43. The van der Waals surface area contributed by atoms with E-state index in [1.54, 1.807) is 6.92 Å². The van der Waals surface area contributed by atoms with Gasteiger partial charge in [-0.05, 0) is 43.2 Å². The van der Waals surface area contributed by atoms with Gasteiger partial charge >= 0.3 is 0 Å². The molecule has 2 rings (SSSR count). The third-order valence-electron chi connectivity index (χ3n) is 3.11. The summed E-state index contributed by atoms with van der Waals surface area (Å²) in [7, 11) is 0. The Kier molecular flexibility index (Phi) is 4.32. The molecule has 0 saturated heterocycles. The van der Waals surface area contributed by atoms with Gasteiger partial charge in [0.15, 0.2) is 0 Å². The van der Waals surface area contributed by atoms with Crippen LogP contribution in [-0.2, 0) is 0 Å². The zero-order valence-electron chi connectivity index (χ0n) is 11.0. The third kappa shape index (κ3) is 3.01. The van der Waals surface area contributed by atoms with Crippen molar-refractivity contribution >= 4 is 11.3 Å². The van der Waals surface area contributed by atoms with Gasteiger partial charge in [0.05, 0.1) is 0 Å². The molecule has 1 aromatic carbocycles. The topological polar surface area (TPSA) is 26.0 Å². The van der Waals surface area contributed by atoms with E-state index in [0.29, 0.717) is 11.1 Å². The molecule has 2 N–H and O–H groups in total. The molecule has 0 fully saturated rings. The van der Waals surface area contributed by atoms with Crippen LogP contribution in [0.2, 0.25) is 0 Å². The molecule has 1 nitrogen and oxygen atoms in total. The molecule has 1 aromatic heterocycles. The first kappa shape index (κ1) is 14.2. The summed E-state index contributed by atoms with van der Waals surface area (Å²) in [5.74, 6) is -0.777. The summed E-state index contributed by atoms with van der Waals surface area (Å²) in [6.45, 7) is 3.63. The minimum Gasteiger partial charge on any atom is -0.323 e. The van der Waals surface area contributed by atoms with Crippen molar-refractivity contribution in [1.82, 2.24) is 0 Å². The molecule has 0 aliphatic carbocycles. The molecule has 0 amide bonds. The van der Waals surface area contributed by atoms with Crippen LogP contribution < -0.4 is 5.73 Å². The van der Waals surface area contributed by atoms with Crippen LogP contribution in [0, 0.1) is 18.6 Å². The summed E-state index contributed by atoms with van der Waals surface area (Å²) < 4.78 is 27.4. The maximum atomic E-state index is 13.9. The van der Waals surface area contributed by atoms with Gasteiger partial charge in [-0.25, -0.2) is 8.78 Å². The van der Waals surface area contributed by atoms with Gasteiger partial charge in [-0.15, -0.1) is 11.3 Å². The fourth-order valence-corrected chi connectivity index (χ4v) is 3.05. The minimum absolute atomic E-state index is 0.0258. The van der Waals surface area contributed by atoms with Gasteiger partial charge < -0.3 is 5.73 Å². The van der Waals surface area contributed by atoms with Gasteiger partial charge in [0, 0.05) is 21.4 Å². The quantitative estimate of drug-likeness (QED) is 0.855. The zero-order valence-corrected chi connectivity index (χ0v) is 11.9. The molecule has 4 heteroatoms. The highest BCUT2D eigenvalue weighted by atomic mass is 32.1. The SMILES string of the molecule is CCCC(N)c1ccc(-c2cc(F)c(C)cc2F)s1. The summed E-state index contributed by atoms with van der Waals surface area (Å²) in [5, 5.41) is 0. The number of thiophene rings is 1. The Labute approximate surface area is 116 Å². The molecule has 1 atom stereocenters. The van der Waals surface area contributed by atoms with E-state index in [1.165, 1.54) is 23.5 Å². The standard InChI is InChI=1S/C15H17F2NS/c1-3-4-13(18)15-6-5-14(19-15)10-8-11(16)9(2)7-12(10)17/h5-8,13H,3-4,18H2,1-2H3. The van der Waals surface area contributed by atoms with E-state index in [0.717, 1.165) is 22.6 Å². The van der Waals surface area contributed by atoms with Crippen molar-refractivity contribution in [3.05, 3.63) is 46.3 Å². The lowest BCUT2D eigenvalue weighted by Crippen LogP contribution is -2.07. The highest BCUT2D eigenvalue weighted by Gasteiger charge is 2.14. The van der Waals surface area contributed by atoms with E-state index in [-0.39, 0.29) is 11.9 Å². The molecule has 102 valence electrons. The molecular formula is C15H17F2NS. The lowest BCUT2D eigenvalue weighted by Gasteiger charge is -2.07. The number of aryl methyl sites for hydroxylation is 1. The normalized spacial score (nSPS) is 12.7. The van der Waals surface area contributed by atoms with Crippen LogP contribution in [0.3, 0.4) is 0 Å². The molecule has 19 heavy (non-hydrogen) atoms. The Morgan fingerprint density at radius 3 is 2.63 bits per heavy atom. The highest BCUT2D eigenvalue weighted by Crippen LogP contribution is 2.34. The van der Waals surface area contributed by atoms with Crippen molar-refractivity contribution in [2.75, 3.05) is 0 Å².